The Balaban J connectivity index is 1.22. The molecule has 0 radical (unpaired) electrons. The number of likely N-dealkylation sites (tertiary alicyclic amines) is 1. The number of carbonyl (C=O) groups is 1. The molecule has 2 aromatic heterocycles. The largest absolute Gasteiger partial charge is 0.492 e. The average molecular weight is 407 g/mol. The Labute approximate surface area is 174 Å². The lowest BCUT2D eigenvalue weighted by molar-refractivity contribution is -0.131. The molecule has 0 unspecified atom stereocenters. The highest BCUT2D eigenvalue weighted by atomic mass is 16.3. The summed E-state index contributed by atoms with van der Waals surface area (Å²) in [7, 11) is 0. The third-order valence-corrected chi connectivity index (χ3v) is 5.91. The number of anilines is 1. The van der Waals surface area contributed by atoms with Crippen molar-refractivity contribution in [3.05, 3.63) is 29.6 Å². The maximum Gasteiger partial charge on any atom is 0.238 e. The van der Waals surface area contributed by atoms with Crippen LogP contribution in [0.2, 0.25) is 0 Å². The van der Waals surface area contributed by atoms with Crippen molar-refractivity contribution in [2.45, 2.75) is 12.8 Å². The zero-order chi connectivity index (χ0) is 20.5. The molecule has 0 bridgehead atoms. The van der Waals surface area contributed by atoms with Crippen LogP contribution in [0.25, 0.3) is 11.6 Å². The van der Waals surface area contributed by atoms with E-state index in [0.717, 1.165) is 63.2 Å². The number of nitrogens with zero attached hydrogens (tertiary/aromatic N) is 6. The predicted molar refractivity (Wildman–Crippen MR) is 115 cm³/mol. The fourth-order valence-corrected chi connectivity index (χ4v) is 4.19. The topological polar surface area (TPSA) is 101 Å². The molecule has 1 amide bonds. The third-order valence-electron chi connectivity index (χ3n) is 5.91. The molecule has 2 N–H and O–H groups in total. The van der Waals surface area contributed by atoms with Crippen LogP contribution in [0.1, 0.15) is 24.1 Å². The van der Waals surface area contributed by atoms with Crippen molar-refractivity contribution in [1.29, 1.82) is 0 Å². The molecule has 3 aliphatic rings. The standard InChI is InChI=1S/C21H25N7O2/c29-18(27-6-1-2-7-27)14-26-8-10-28(11-9-26)21-24-17(20(30)25-21)12-15-13-23-19-16(15)4-3-5-22-19/h3-5,12-13,30H,1-2,6-11,14H2,(H,24,25)/b15-12+. The van der Waals surface area contributed by atoms with Crippen LogP contribution in [0.5, 0.6) is 5.88 Å². The van der Waals surface area contributed by atoms with Crippen molar-refractivity contribution in [2.24, 2.45) is 4.99 Å². The van der Waals surface area contributed by atoms with Crippen LogP contribution in [0.15, 0.2) is 23.3 Å². The van der Waals surface area contributed by atoms with Crippen LogP contribution in [0, 0.1) is 0 Å². The molecule has 5 heterocycles. The molecule has 3 aliphatic heterocycles. The molecule has 30 heavy (non-hydrogen) atoms. The molecule has 0 spiro atoms. The Hall–Kier alpha value is -3.20. The van der Waals surface area contributed by atoms with Gasteiger partial charge in [0.2, 0.25) is 17.7 Å². The number of imidazole rings is 1. The molecule has 5 rings (SSSR count). The number of piperazine rings is 1. The molecule has 0 aliphatic carbocycles. The van der Waals surface area contributed by atoms with E-state index in [0.29, 0.717) is 24.0 Å². The Morgan fingerprint density at radius 1 is 1.17 bits per heavy atom. The van der Waals surface area contributed by atoms with E-state index in [4.69, 9.17) is 0 Å². The van der Waals surface area contributed by atoms with E-state index in [9.17, 15) is 9.90 Å². The van der Waals surface area contributed by atoms with Crippen LogP contribution in [-0.4, -0.2) is 87.8 Å². The van der Waals surface area contributed by atoms with Crippen LogP contribution < -0.4 is 4.90 Å². The number of hydrogen-bond donors (Lipinski definition) is 2. The quantitative estimate of drug-likeness (QED) is 0.797. The van der Waals surface area contributed by atoms with E-state index in [1.807, 2.05) is 23.1 Å². The van der Waals surface area contributed by atoms with E-state index in [1.165, 1.54) is 0 Å². The Morgan fingerprint density at radius 3 is 2.77 bits per heavy atom. The summed E-state index contributed by atoms with van der Waals surface area (Å²) >= 11 is 0. The number of pyridine rings is 1. The van der Waals surface area contributed by atoms with Crippen LogP contribution in [0.3, 0.4) is 0 Å². The SMILES string of the molecule is O=C(CN1CCN(c2nc(O)c(/C=C3\C=Nc4ncccc43)[nH]2)CC1)N1CCCC1. The lowest BCUT2D eigenvalue weighted by Gasteiger charge is -2.34. The number of aliphatic imine (C=N–C) groups is 1. The summed E-state index contributed by atoms with van der Waals surface area (Å²) in [5, 5.41) is 10.3. The molecule has 2 aromatic rings. The first-order chi connectivity index (χ1) is 14.7. The van der Waals surface area contributed by atoms with E-state index < -0.39 is 0 Å². The van der Waals surface area contributed by atoms with Crippen molar-refractivity contribution in [3.63, 3.8) is 0 Å². The molecular formula is C21H25N7O2. The first-order valence-electron chi connectivity index (χ1n) is 10.4. The van der Waals surface area contributed by atoms with Crippen LogP contribution >= 0.6 is 0 Å². The van der Waals surface area contributed by atoms with Gasteiger partial charge in [-0.15, -0.1) is 0 Å². The van der Waals surface area contributed by atoms with Gasteiger partial charge in [-0.3, -0.25) is 9.69 Å². The highest BCUT2D eigenvalue weighted by Gasteiger charge is 2.25. The van der Waals surface area contributed by atoms with Crippen LogP contribution in [-0.2, 0) is 4.79 Å². The van der Waals surface area contributed by atoms with Gasteiger partial charge in [0, 0.05) is 62.8 Å². The molecule has 0 saturated carbocycles. The maximum atomic E-state index is 12.4. The van der Waals surface area contributed by atoms with Gasteiger partial charge in [-0.2, -0.15) is 4.98 Å². The number of nitrogens with one attached hydrogen (secondary N) is 1. The van der Waals surface area contributed by atoms with E-state index >= 15 is 0 Å². The van der Waals surface area contributed by atoms with Gasteiger partial charge in [0.05, 0.1) is 6.54 Å². The summed E-state index contributed by atoms with van der Waals surface area (Å²) in [5.41, 5.74) is 2.37. The van der Waals surface area contributed by atoms with Crippen molar-refractivity contribution in [1.82, 2.24) is 24.8 Å². The highest BCUT2D eigenvalue weighted by Crippen LogP contribution is 2.32. The number of aromatic nitrogens is 3. The van der Waals surface area contributed by atoms with Gasteiger partial charge in [-0.05, 0) is 31.1 Å². The summed E-state index contributed by atoms with van der Waals surface area (Å²) in [4.78, 5) is 34.7. The minimum Gasteiger partial charge on any atom is -0.492 e. The minimum atomic E-state index is -0.0325. The molecule has 2 saturated heterocycles. The zero-order valence-electron chi connectivity index (χ0n) is 16.8. The molecular weight excluding hydrogens is 382 g/mol. The van der Waals surface area contributed by atoms with Gasteiger partial charge in [0.15, 0.2) is 5.82 Å². The molecule has 0 atom stereocenters. The maximum absolute atomic E-state index is 12.4. The van der Waals surface area contributed by atoms with E-state index in [2.05, 4.69) is 29.7 Å². The Kier molecular flexibility index (Phi) is 4.96. The summed E-state index contributed by atoms with van der Waals surface area (Å²) in [6.07, 6.45) is 7.53. The van der Waals surface area contributed by atoms with Gasteiger partial charge in [-0.25, -0.2) is 9.98 Å². The van der Waals surface area contributed by atoms with Gasteiger partial charge < -0.3 is 19.9 Å². The predicted octanol–water partition coefficient (Wildman–Crippen LogP) is 1.51. The van der Waals surface area contributed by atoms with Crippen LogP contribution in [0.4, 0.5) is 11.8 Å². The van der Waals surface area contributed by atoms with Crippen molar-refractivity contribution in [2.75, 3.05) is 50.7 Å². The lowest BCUT2D eigenvalue weighted by Crippen LogP contribution is -2.50. The number of aromatic amines is 1. The van der Waals surface area contributed by atoms with Gasteiger partial charge >= 0.3 is 0 Å². The first kappa shape index (κ1) is 18.8. The number of hydrogen-bond acceptors (Lipinski definition) is 7. The third kappa shape index (κ3) is 3.68. The monoisotopic (exact) mass is 407 g/mol. The van der Waals surface area contributed by atoms with E-state index in [-0.39, 0.29) is 11.8 Å². The molecule has 156 valence electrons. The number of rotatable bonds is 4. The number of amides is 1. The molecule has 9 heteroatoms. The summed E-state index contributed by atoms with van der Waals surface area (Å²) in [6.45, 7) is 5.38. The number of allylic oxidation sites excluding steroid dienone is 1. The number of fused-ring (bicyclic) bond motifs is 1. The van der Waals surface area contributed by atoms with E-state index in [1.54, 1.807) is 12.4 Å². The van der Waals surface area contributed by atoms with Crippen molar-refractivity contribution in [3.8, 4) is 5.88 Å². The second kappa shape index (κ2) is 7.91. The minimum absolute atomic E-state index is 0.0325. The van der Waals surface area contributed by atoms with Gasteiger partial charge in [0.25, 0.3) is 0 Å². The molecule has 0 aromatic carbocycles. The highest BCUT2D eigenvalue weighted by molar-refractivity contribution is 6.20. The van der Waals surface area contributed by atoms with Crippen molar-refractivity contribution < 1.29 is 9.90 Å². The second-order valence-electron chi connectivity index (χ2n) is 7.88. The Bertz CT molecular complexity index is 999. The summed E-state index contributed by atoms with van der Waals surface area (Å²) in [5.74, 6) is 1.53. The van der Waals surface area contributed by atoms with Crippen molar-refractivity contribution >= 4 is 35.5 Å². The Morgan fingerprint density at radius 2 is 1.97 bits per heavy atom. The average Bonchev–Trinajstić information content (AvgIpc) is 3.50. The molecule has 9 nitrogen and oxygen atoms in total. The normalized spacial score (nSPS) is 20.3. The fourth-order valence-electron chi connectivity index (χ4n) is 4.19. The number of aromatic hydroxyl groups is 1. The second-order valence-corrected chi connectivity index (χ2v) is 7.88. The number of H-pyrrole nitrogens is 1. The summed E-state index contributed by atoms with van der Waals surface area (Å²) in [6, 6.07) is 3.83. The zero-order valence-corrected chi connectivity index (χ0v) is 16.8. The number of carbonyl (C=O) groups excluding carboxylic acids is 1. The first-order valence-corrected chi connectivity index (χ1v) is 10.4. The summed E-state index contributed by atoms with van der Waals surface area (Å²) < 4.78 is 0. The van der Waals surface area contributed by atoms with Gasteiger partial charge in [-0.1, -0.05) is 0 Å². The lowest BCUT2D eigenvalue weighted by atomic mass is 10.1. The fraction of sp³-hybridized carbons (Fsp3) is 0.429. The molecule has 2 fully saturated rings. The smallest absolute Gasteiger partial charge is 0.238 e. The van der Waals surface area contributed by atoms with Gasteiger partial charge in [0.1, 0.15) is 5.69 Å².